The predicted octanol–water partition coefficient (Wildman–Crippen LogP) is 3.10. The maximum absolute atomic E-state index is 8.94. The van der Waals surface area contributed by atoms with Crippen molar-refractivity contribution in [3.63, 3.8) is 0 Å². The van der Waals surface area contributed by atoms with Gasteiger partial charge in [0.05, 0.1) is 16.8 Å². The van der Waals surface area contributed by atoms with Crippen molar-refractivity contribution in [2.45, 2.75) is 33.2 Å². The molecule has 0 aromatic carbocycles. The summed E-state index contributed by atoms with van der Waals surface area (Å²) in [5, 5.41) is 12.4. The van der Waals surface area contributed by atoms with E-state index in [4.69, 9.17) is 9.52 Å². The van der Waals surface area contributed by atoms with Gasteiger partial charge in [0.25, 0.3) is 0 Å². The Labute approximate surface area is 105 Å². The molecule has 0 fully saturated rings. The van der Waals surface area contributed by atoms with E-state index in [1.54, 1.807) is 6.26 Å². The minimum Gasteiger partial charge on any atom is -0.466 e. The lowest BCUT2D eigenvalue weighted by Crippen LogP contribution is -2.32. The Morgan fingerprint density at radius 3 is 2.75 bits per heavy atom. The lowest BCUT2D eigenvalue weighted by atomic mass is 9.89. The lowest BCUT2D eigenvalue weighted by Gasteiger charge is -2.26. The Morgan fingerprint density at radius 1 is 1.56 bits per heavy atom. The van der Waals surface area contributed by atoms with Crippen LogP contribution in [0.15, 0.2) is 21.2 Å². The first-order valence-corrected chi connectivity index (χ1v) is 6.33. The summed E-state index contributed by atoms with van der Waals surface area (Å²) in [5.41, 5.74) is 0.0993. The summed E-state index contributed by atoms with van der Waals surface area (Å²) in [7, 11) is 0. The molecule has 1 rings (SSSR count). The lowest BCUT2D eigenvalue weighted by molar-refractivity contribution is 0.202. The minimum absolute atomic E-state index is 0.0993. The molecule has 92 valence electrons. The van der Waals surface area contributed by atoms with Crippen LogP contribution in [0.1, 0.15) is 39.0 Å². The number of hydrogen-bond acceptors (Lipinski definition) is 3. The molecule has 1 aromatic heterocycles. The molecule has 1 aromatic rings. The monoisotopic (exact) mass is 289 g/mol. The Balaban J connectivity index is 2.47. The highest BCUT2D eigenvalue weighted by Crippen LogP contribution is 2.26. The van der Waals surface area contributed by atoms with Crippen LogP contribution in [0.5, 0.6) is 0 Å². The Bertz CT molecular complexity index is 323. The molecule has 3 nitrogen and oxygen atoms in total. The maximum atomic E-state index is 8.94. The van der Waals surface area contributed by atoms with Crippen molar-refractivity contribution in [2.24, 2.45) is 5.41 Å². The van der Waals surface area contributed by atoms with Gasteiger partial charge in [-0.05, 0) is 40.8 Å². The number of halogens is 1. The normalized spacial score (nSPS) is 14.1. The zero-order chi connectivity index (χ0) is 12.2. The summed E-state index contributed by atoms with van der Waals surface area (Å²) in [6.45, 7) is 7.42. The molecule has 4 heteroatoms. The highest BCUT2D eigenvalue weighted by molar-refractivity contribution is 9.10. The summed E-state index contributed by atoms with van der Waals surface area (Å²) < 4.78 is 6.39. The highest BCUT2D eigenvalue weighted by Gasteiger charge is 2.20. The van der Waals surface area contributed by atoms with Crippen molar-refractivity contribution in [2.75, 3.05) is 13.2 Å². The Kier molecular flexibility index (Phi) is 5.02. The van der Waals surface area contributed by atoms with E-state index in [0.29, 0.717) is 0 Å². The molecule has 0 aliphatic carbocycles. The molecule has 0 bridgehead atoms. The van der Waals surface area contributed by atoms with Crippen LogP contribution in [-0.4, -0.2) is 18.3 Å². The molecule has 0 spiro atoms. The average Bonchev–Trinajstić information content (AvgIpc) is 2.61. The fourth-order valence-corrected chi connectivity index (χ4v) is 2.07. The van der Waals surface area contributed by atoms with E-state index in [2.05, 4.69) is 42.0 Å². The topological polar surface area (TPSA) is 45.4 Å². The predicted molar refractivity (Wildman–Crippen MR) is 68.3 cm³/mol. The van der Waals surface area contributed by atoms with Crippen LogP contribution >= 0.6 is 15.9 Å². The average molecular weight is 290 g/mol. The number of rotatable bonds is 6. The van der Waals surface area contributed by atoms with Crippen LogP contribution in [0, 0.1) is 5.41 Å². The third kappa shape index (κ3) is 3.92. The second-order valence-corrected chi connectivity index (χ2v) is 5.73. The van der Waals surface area contributed by atoms with Crippen LogP contribution in [0.3, 0.4) is 0 Å². The molecule has 0 amide bonds. The second-order valence-electron chi connectivity index (χ2n) is 4.87. The van der Waals surface area contributed by atoms with E-state index >= 15 is 0 Å². The maximum Gasteiger partial charge on any atom is 0.134 e. The van der Waals surface area contributed by atoms with Crippen LogP contribution < -0.4 is 5.32 Å². The fourth-order valence-electron chi connectivity index (χ4n) is 1.53. The molecule has 2 N–H and O–H groups in total. The van der Waals surface area contributed by atoms with Gasteiger partial charge in [0.2, 0.25) is 0 Å². The van der Waals surface area contributed by atoms with Crippen molar-refractivity contribution >= 4 is 15.9 Å². The highest BCUT2D eigenvalue weighted by atomic mass is 79.9. The first-order valence-electron chi connectivity index (χ1n) is 5.53. The van der Waals surface area contributed by atoms with Gasteiger partial charge in [0.1, 0.15) is 5.76 Å². The van der Waals surface area contributed by atoms with Crippen molar-refractivity contribution in [1.82, 2.24) is 5.32 Å². The van der Waals surface area contributed by atoms with Crippen LogP contribution in [-0.2, 0) is 0 Å². The molecule has 1 atom stereocenters. The first-order chi connectivity index (χ1) is 7.46. The summed E-state index contributed by atoms with van der Waals surface area (Å²) in [5.74, 6) is 0.916. The van der Waals surface area contributed by atoms with Crippen molar-refractivity contribution < 1.29 is 9.52 Å². The fraction of sp³-hybridized carbons (Fsp3) is 0.667. The summed E-state index contributed by atoms with van der Waals surface area (Å²) in [6, 6.07) is 2.06. The van der Waals surface area contributed by atoms with E-state index < -0.39 is 0 Å². The summed E-state index contributed by atoms with van der Waals surface area (Å²) in [4.78, 5) is 0. The van der Waals surface area contributed by atoms with Gasteiger partial charge in [0.15, 0.2) is 0 Å². The zero-order valence-corrected chi connectivity index (χ0v) is 11.7. The molecule has 0 aliphatic rings. The molecule has 0 saturated carbocycles. The number of hydrogen-bond donors (Lipinski definition) is 2. The van der Waals surface area contributed by atoms with E-state index in [1.807, 2.05) is 6.07 Å². The SMILES string of the molecule is CC(NCC(C)(C)CCO)c1occc1Br. The summed E-state index contributed by atoms with van der Waals surface area (Å²) >= 11 is 3.44. The molecule has 0 saturated heterocycles. The van der Waals surface area contributed by atoms with Crippen molar-refractivity contribution in [3.05, 3.63) is 22.6 Å². The third-order valence-electron chi connectivity index (χ3n) is 2.71. The van der Waals surface area contributed by atoms with E-state index in [0.717, 1.165) is 23.2 Å². The van der Waals surface area contributed by atoms with Gasteiger partial charge in [-0.25, -0.2) is 0 Å². The summed E-state index contributed by atoms with van der Waals surface area (Å²) in [6.07, 6.45) is 2.47. The third-order valence-corrected chi connectivity index (χ3v) is 3.37. The van der Waals surface area contributed by atoms with Crippen LogP contribution in [0.25, 0.3) is 0 Å². The van der Waals surface area contributed by atoms with Gasteiger partial charge in [-0.3, -0.25) is 0 Å². The van der Waals surface area contributed by atoms with Gasteiger partial charge in [0, 0.05) is 13.2 Å². The van der Waals surface area contributed by atoms with Crippen LogP contribution in [0.2, 0.25) is 0 Å². The van der Waals surface area contributed by atoms with Gasteiger partial charge < -0.3 is 14.8 Å². The number of nitrogens with one attached hydrogen (secondary N) is 1. The number of furan rings is 1. The largest absolute Gasteiger partial charge is 0.466 e. The van der Waals surface area contributed by atoms with E-state index in [1.165, 1.54) is 0 Å². The minimum atomic E-state index is 0.0993. The van der Waals surface area contributed by atoms with Gasteiger partial charge in [-0.1, -0.05) is 13.8 Å². The standard InChI is InChI=1S/C12H20BrNO2/c1-9(11-10(13)4-7-16-11)14-8-12(2,3)5-6-15/h4,7,9,14-15H,5-6,8H2,1-3H3. The van der Waals surface area contributed by atoms with E-state index in [9.17, 15) is 0 Å². The number of aliphatic hydroxyl groups is 1. The molecular formula is C12H20BrNO2. The number of aliphatic hydroxyl groups excluding tert-OH is 1. The van der Waals surface area contributed by atoms with Gasteiger partial charge in [-0.2, -0.15) is 0 Å². The molecule has 0 radical (unpaired) electrons. The molecule has 1 heterocycles. The molecule has 16 heavy (non-hydrogen) atoms. The zero-order valence-electron chi connectivity index (χ0n) is 10.1. The van der Waals surface area contributed by atoms with Gasteiger partial charge in [-0.15, -0.1) is 0 Å². The van der Waals surface area contributed by atoms with E-state index in [-0.39, 0.29) is 18.1 Å². The Morgan fingerprint density at radius 2 is 2.25 bits per heavy atom. The molecule has 1 unspecified atom stereocenters. The van der Waals surface area contributed by atoms with Crippen molar-refractivity contribution in [3.8, 4) is 0 Å². The van der Waals surface area contributed by atoms with Crippen molar-refractivity contribution in [1.29, 1.82) is 0 Å². The second kappa shape index (κ2) is 5.84. The molecule has 0 aliphatic heterocycles. The quantitative estimate of drug-likeness (QED) is 0.846. The Hall–Kier alpha value is -0.320. The molecular weight excluding hydrogens is 270 g/mol. The smallest absolute Gasteiger partial charge is 0.134 e. The van der Waals surface area contributed by atoms with Crippen LogP contribution in [0.4, 0.5) is 0 Å². The first kappa shape index (κ1) is 13.7. The van der Waals surface area contributed by atoms with Gasteiger partial charge >= 0.3 is 0 Å².